The molecule has 0 unspecified atom stereocenters. The fourth-order valence-electron chi connectivity index (χ4n) is 1.18. The summed E-state index contributed by atoms with van der Waals surface area (Å²) in [7, 11) is -3.53. The molecule has 9 heteroatoms. The normalized spacial score (nSPS) is 9.68. The number of carboxylic acid groups (broad SMARTS) is 1. The molecule has 0 radical (unpaired) electrons. The first kappa shape index (κ1) is 22.1. The van der Waals surface area contributed by atoms with Crippen molar-refractivity contribution in [3.8, 4) is 0 Å². The molecule has 0 saturated heterocycles. The maximum atomic E-state index is 10.9. The van der Waals surface area contributed by atoms with Crippen LogP contribution < -0.4 is 0 Å². The van der Waals surface area contributed by atoms with Crippen molar-refractivity contribution in [3.63, 3.8) is 0 Å². The minimum absolute atomic E-state index is 0.176. The van der Waals surface area contributed by atoms with Crippen LogP contribution in [0.2, 0.25) is 6.04 Å². The van der Waals surface area contributed by atoms with E-state index in [1.165, 1.54) is 27.7 Å². The van der Waals surface area contributed by atoms with Gasteiger partial charge in [-0.3, -0.25) is 14.4 Å². The van der Waals surface area contributed by atoms with Gasteiger partial charge < -0.3 is 18.4 Å². The van der Waals surface area contributed by atoms with Crippen molar-refractivity contribution in [1.29, 1.82) is 0 Å². The largest absolute Gasteiger partial charge is 0.705 e. The average Bonchev–Trinajstić information content (AvgIpc) is 2.25. The van der Waals surface area contributed by atoms with Crippen LogP contribution in [0.5, 0.6) is 0 Å². The Labute approximate surface area is 130 Å². The van der Waals surface area contributed by atoms with Gasteiger partial charge in [-0.25, -0.2) is 4.79 Å². The number of hydrogen-bond donors (Lipinski definition) is 1. The Balaban J connectivity index is 0. The molecule has 22 heavy (non-hydrogen) atoms. The van der Waals surface area contributed by atoms with E-state index in [1.54, 1.807) is 6.92 Å². The molecule has 0 amide bonds. The van der Waals surface area contributed by atoms with E-state index in [1.807, 2.05) is 0 Å². The summed E-state index contributed by atoms with van der Waals surface area (Å²) in [6.07, 6.45) is 0.570. The van der Waals surface area contributed by atoms with Gasteiger partial charge in [0.25, 0.3) is 17.9 Å². The van der Waals surface area contributed by atoms with Gasteiger partial charge in [0.05, 0.1) is 6.04 Å². The van der Waals surface area contributed by atoms with Crippen molar-refractivity contribution in [3.05, 3.63) is 12.2 Å². The molecule has 0 rings (SSSR count). The molecule has 0 aromatic carbocycles. The Morgan fingerprint density at radius 1 is 0.909 bits per heavy atom. The van der Waals surface area contributed by atoms with E-state index < -0.39 is 32.7 Å². The molecule has 0 aliphatic carbocycles. The molecule has 126 valence electrons. The fourth-order valence-corrected chi connectivity index (χ4v) is 3.54. The van der Waals surface area contributed by atoms with E-state index in [0.717, 1.165) is 0 Å². The Kier molecular flexibility index (Phi) is 10.6. The second kappa shape index (κ2) is 10.5. The topological polar surface area (TPSA) is 116 Å². The summed E-state index contributed by atoms with van der Waals surface area (Å²) in [5.41, 5.74) is 0.176. The number of aliphatic carboxylic acids is 1. The van der Waals surface area contributed by atoms with E-state index in [2.05, 4.69) is 6.58 Å². The molecule has 0 aliphatic heterocycles. The van der Waals surface area contributed by atoms with Gasteiger partial charge in [-0.05, 0) is 13.3 Å². The molecule has 0 saturated carbocycles. The van der Waals surface area contributed by atoms with Gasteiger partial charge in [-0.1, -0.05) is 13.5 Å². The molecule has 0 fully saturated rings. The highest BCUT2D eigenvalue weighted by atomic mass is 28.4. The van der Waals surface area contributed by atoms with Crippen molar-refractivity contribution in [2.24, 2.45) is 0 Å². The lowest BCUT2D eigenvalue weighted by atomic mass is 10.4. The fraction of sp³-hybridized carbons (Fsp3) is 0.538. The van der Waals surface area contributed by atoms with Crippen molar-refractivity contribution in [2.45, 2.75) is 47.1 Å². The Hall–Kier alpha value is -2.16. The molecule has 0 aromatic rings. The van der Waals surface area contributed by atoms with Crippen LogP contribution in [0.1, 0.15) is 41.0 Å². The van der Waals surface area contributed by atoms with Gasteiger partial charge in [0.15, 0.2) is 0 Å². The maximum Gasteiger partial charge on any atom is 0.705 e. The smallest absolute Gasteiger partial charge is 0.478 e. The van der Waals surface area contributed by atoms with Crippen molar-refractivity contribution in [1.82, 2.24) is 0 Å². The lowest BCUT2D eigenvalue weighted by molar-refractivity contribution is -0.148. The van der Waals surface area contributed by atoms with Crippen LogP contribution in [0.3, 0.4) is 0 Å². The Morgan fingerprint density at radius 3 is 1.32 bits per heavy atom. The number of carbonyl (C=O) groups is 4. The van der Waals surface area contributed by atoms with Crippen molar-refractivity contribution < 1.29 is 37.6 Å². The highest BCUT2D eigenvalue weighted by Gasteiger charge is 2.50. The first-order chi connectivity index (χ1) is 9.95. The van der Waals surface area contributed by atoms with Crippen LogP contribution in [-0.2, 0) is 32.5 Å². The van der Waals surface area contributed by atoms with E-state index in [0.29, 0.717) is 6.42 Å². The Bertz CT molecular complexity index is 391. The van der Waals surface area contributed by atoms with Crippen molar-refractivity contribution in [2.75, 3.05) is 0 Å². The van der Waals surface area contributed by atoms with Gasteiger partial charge in [0, 0.05) is 26.3 Å². The minimum Gasteiger partial charge on any atom is -0.478 e. The second-order valence-electron chi connectivity index (χ2n) is 4.30. The zero-order chi connectivity index (χ0) is 17.9. The highest BCUT2D eigenvalue weighted by Crippen LogP contribution is 2.18. The maximum absolute atomic E-state index is 10.9. The minimum atomic E-state index is -3.53. The van der Waals surface area contributed by atoms with Gasteiger partial charge in [-0.15, -0.1) is 0 Å². The zero-order valence-electron chi connectivity index (χ0n) is 13.4. The lowest BCUT2D eigenvalue weighted by Crippen LogP contribution is -2.49. The summed E-state index contributed by atoms with van der Waals surface area (Å²) in [6.45, 7) is 9.92. The van der Waals surface area contributed by atoms with E-state index in [4.69, 9.17) is 18.4 Å². The van der Waals surface area contributed by atoms with E-state index in [-0.39, 0.29) is 11.6 Å². The van der Waals surface area contributed by atoms with Crippen LogP contribution >= 0.6 is 0 Å². The molecule has 0 atom stereocenters. The summed E-state index contributed by atoms with van der Waals surface area (Å²) in [5, 5.41) is 7.89. The third kappa shape index (κ3) is 11.6. The SMILES string of the molecule is C=C(C)C(=O)O.CCC[Si](OC(C)=O)(OC(C)=O)OC(C)=O. The van der Waals surface area contributed by atoms with Gasteiger partial charge in [0.1, 0.15) is 0 Å². The highest BCUT2D eigenvalue weighted by molar-refractivity contribution is 6.65. The van der Waals surface area contributed by atoms with Gasteiger partial charge >= 0.3 is 14.8 Å². The number of hydrogen-bond acceptors (Lipinski definition) is 7. The first-order valence-corrected chi connectivity index (χ1v) is 8.36. The molecule has 0 heterocycles. The molecule has 1 N–H and O–H groups in total. The summed E-state index contributed by atoms with van der Waals surface area (Å²) in [4.78, 5) is 42.4. The predicted octanol–water partition coefficient (Wildman–Crippen LogP) is 1.67. The van der Waals surface area contributed by atoms with E-state index in [9.17, 15) is 19.2 Å². The summed E-state index contributed by atoms with van der Waals surface area (Å²) in [5.74, 6) is -2.84. The van der Waals surface area contributed by atoms with Gasteiger partial charge in [0.2, 0.25) is 0 Å². The molecular formula is C13H22O8Si. The lowest BCUT2D eigenvalue weighted by Gasteiger charge is -2.25. The van der Waals surface area contributed by atoms with Gasteiger partial charge in [-0.2, -0.15) is 0 Å². The molecule has 0 spiro atoms. The van der Waals surface area contributed by atoms with Crippen molar-refractivity contribution >= 4 is 32.7 Å². The standard InChI is InChI=1S/C9H16O6Si.C4H6O2/c1-5-6-16(13-7(2)10,14-8(3)11)15-9(4)12;1-3(2)4(5)6/h5-6H2,1-4H3;1H2,2H3,(H,5,6). The molecule has 0 bridgehead atoms. The summed E-state index contributed by atoms with van der Waals surface area (Å²) < 4.78 is 14.7. The molecular weight excluding hydrogens is 312 g/mol. The summed E-state index contributed by atoms with van der Waals surface area (Å²) >= 11 is 0. The molecule has 8 nitrogen and oxygen atoms in total. The Morgan fingerprint density at radius 2 is 1.18 bits per heavy atom. The average molecular weight is 334 g/mol. The first-order valence-electron chi connectivity index (χ1n) is 6.43. The van der Waals surface area contributed by atoms with Crippen LogP contribution in [0.25, 0.3) is 0 Å². The van der Waals surface area contributed by atoms with Crippen LogP contribution in [0, 0.1) is 0 Å². The number of carboxylic acids is 1. The molecule has 0 aromatic heterocycles. The number of rotatable bonds is 6. The van der Waals surface area contributed by atoms with Crippen LogP contribution in [0.15, 0.2) is 12.2 Å². The third-order valence-electron chi connectivity index (χ3n) is 1.82. The third-order valence-corrected chi connectivity index (χ3v) is 4.73. The number of carbonyl (C=O) groups excluding carboxylic acids is 3. The molecule has 0 aliphatic rings. The zero-order valence-corrected chi connectivity index (χ0v) is 14.4. The predicted molar refractivity (Wildman–Crippen MR) is 78.6 cm³/mol. The van der Waals surface area contributed by atoms with Crippen LogP contribution in [-0.4, -0.2) is 37.8 Å². The monoisotopic (exact) mass is 334 g/mol. The van der Waals surface area contributed by atoms with E-state index >= 15 is 0 Å². The second-order valence-corrected chi connectivity index (χ2v) is 6.78. The summed E-state index contributed by atoms with van der Waals surface area (Å²) in [6, 6.07) is 0.228. The quantitative estimate of drug-likeness (QED) is 0.576. The van der Waals surface area contributed by atoms with Crippen LogP contribution in [0.4, 0.5) is 0 Å².